The SMILES string of the molecule is Cc1nn(C)c(C)c1CCC(=O)N1CCOc2ccc(S(C)(=O)=O)cc21. The summed E-state index contributed by atoms with van der Waals surface area (Å²) in [6.07, 6.45) is 2.08. The van der Waals surface area contributed by atoms with E-state index in [-0.39, 0.29) is 10.8 Å². The van der Waals surface area contributed by atoms with Crippen LogP contribution in [0.15, 0.2) is 23.1 Å². The molecule has 0 unspecified atom stereocenters. The first-order valence-electron chi connectivity index (χ1n) is 8.45. The quantitative estimate of drug-likeness (QED) is 0.811. The number of carbonyl (C=O) groups excluding carboxylic acids is 1. The van der Waals surface area contributed by atoms with Gasteiger partial charge in [-0.25, -0.2) is 8.42 Å². The van der Waals surface area contributed by atoms with Crippen molar-refractivity contribution in [1.82, 2.24) is 9.78 Å². The summed E-state index contributed by atoms with van der Waals surface area (Å²) in [7, 11) is -1.47. The number of carbonyl (C=O) groups is 1. The van der Waals surface area contributed by atoms with Gasteiger partial charge in [0.25, 0.3) is 0 Å². The number of sulfone groups is 1. The van der Waals surface area contributed by atoms with Crippen molar-refractivity contribution in [3.8, 4) is 5.75 Å². The molecule has 0 spiro atoms. The Morgan fingerprint density at radius 2 is 2.04 bits per heavy atom. The third kappa shape index (κ3) is 3.46. The van der Waals surface area contributed by atoms with Gasteiger partial charge in [0.2, 0.25) is 5.91 Å². The van der Waals surface area contributed by atoms with E-state index >= 15 is 0 Å². The molecule has 0 aliphatic carbocycles. The lowest BCUT2D eigenvalue weighted by Gasteiger charge is -2.30. The van der Waals surface area contributed by atoms with Crippen LogP contribution in [0.5, 0.6) is 5.75 Å². The maximum absolute atomic E-state index is 12.8. The Balaban J connectivity index is 1.83. The number of benzene rings is 1. The zero-order chi connectivity index (χ0) is 19.1. The molecule has 0 N–H and O–H groups in total. The molecule has 0 radical (unpaired) electrons. The fraction of sp³-hybridized carbons (Fsp3) is 0.444. The highest BCUT2D eigenvalue weighted by Crippen LogP contribution is 2.34. The van der Waals surface area contributed by atoms with Gasteiger partial charge in [-0.3, -0.25) is 9.48 Å². The smallest absolute Gasteiger partial charge is 0.227 e. The summed E-state index contributed by atoms with van der Waals surface area (Å²) in [5.74, 6) is 0.480. The number of amides is 1. The molecule has 7 nitrogen and oxygen atoms in total. The Bertz CT molecular complexity index is 963. The van der Waals surface area contributed by atoms with E-state index in [1.54, 1.807) is 11.0 Å². The number of hydrogen-bond donors (Lipinski definition) is 0. The van der Waals surface area contributed by atoms with Crippen LogP contribution in [0.4, 0.5) is 5.69 Å². The predicted octanol–water partition coefficient (Wildman–Crippen LogP) is 1.80. The summed E-state index contributed by atoms with van der Waals surface area (Å²) >= 11 is 0. The van der Waals surface area contributed by atoms with Gasteiger partial charge in [-0.2, -0.15) is 5.10 Å². The van der Waals surface area contributed by atoms with Crippen molar-refractivity contribution in [2.75, 3.05) is 24.3 Å². The highest BCUT2D eigenvalue weighted by Gasteiger charge is 2.25. The van der Waals surface area contributed by atoms with Gasteiger partial charge in [0.05, 0.1) is 22.8 Å². The first-order chi connectivity index (χ1) is 12.2. The van der Waals surface area contributed by atoms with Crippen molar-refractivity contribution in [3.63, 3.8) is 0 Å². The Morgan fingerprint density at radius 3 is 2.65 bits per heavy atom. The van der Waals surface area contributed by atoms with Crippen molar-refractivity contribution < 1.29 is 17.9 Å². The lowest BCUT2D eigenvalue weighted by atomic mass is 10.1. The lowest BCUT2D eigenvalue weighted by Crippen LogP contribution is -2.38. The minimum absolute atomic E-state index is 0.0529. The van der Waals surface area contributed by atoms with Crippen molar-refractivity contribution in [3.05, 3.63) is 35.2 Å². The molecular formula is C18H23N3O4S. The average molecular weight is 377 g/mol. The Kier molecular flexibility index (Phi) is 4.79. The standard InChI is InChI=1S/C18H23N3O4S/c1-12-15(13(2)20(3)19-12)6-8-18(22)21-9-10-25-17-7-5-14(11-16(17)21)26(4,23)24/h5,7,11H,6,8-10H2,1-4H3. The van der Waals surface area contributed by atoms with Crippen LogP contribution in [0.3, 0.4) is 0 Å². The van der Waals surface area contributed by atoms with Crippen LogP contribution in [0.1, 0.15) is 23.4 Å². The molecule has 1 amide bonds. The number of anilines is 1. The van der Waals surface area contributed by atoms with E-state index in [2.05, 4.69) is 5.10 Å². The van der Waals surface area contributed by atoms with Gasteiger partial charge < -0.3 is 9.64 Å². The molecule has 26 heavy (non-hydrogen) atoms. The van der Waals surface area contributed by atoms with E-state index in [9.17, 15) is 13.2 Å². The minimum Gasteiger partial charge on any atom is -0.490 e. The second-order valence-corrected chi connectivity index (χ2v) is 8.58. The summed E-state index contributed by atoms with van der Waals surface area (Å²) in [5, 5.41) is 4.38. The second-order valence-electron chi connectivity index (χ2n) is 6.57. The summed E-state index contributed by atoms with van der Waals surface area (Å²) in [6.45, 7) is 4.73. The van der Waals surface area contributed by atoms with Gasteiger partial charge in [0.1, 0.15) is 12.4 Å². The van der Waals surface area contributed by atoms with Crippen LogP contribution in [0.2, 0.25) is 0 Å². The van der Waals surface area contributed by atoms with Crippen molar-refractivity contribution in [2.45, 2.75) is 31.6 Å². The first-order valence-corrected chi connectivity index (χ1v) is 10.3. The molecule has 2 aromatic rings. The van der Waals surface area contributed by atoms with E-state index in [1.165, 1.54) is 12.1 Å². The molecule has 0 saturated carbocycles. The molecule has 1 aromatic carbocycles. The second kappa shape index (κ2) is 6.75. The number of hydrogen-bond acceptors (Lipinski definition) is 5. The van der Waals surface area contributed by atoms with Crippen LogP contribution in [0.25, 0.3) is 0 Å². The molecule has 140 valence electrons. The third-order valence-electron chi connectivity index (χ3n) is 4.77. The zero-order valence-electron chi connectivity index (χ0n) is 15.4. The number of aryl methyl sites for hydroxylation is 2. The summed E-state index contributed by atoms with van der Waals surface area (Å²) in [6, 6.07) is 4.63. The predicted molar refractivity (Wildman–Crippen MR) is 98.4 cm³/mol. The normalized spacial score (nSPS) is 14.1. The minimum atomic E-state index is -3.35. The molecule has 0 saturated heterocycles. The van der Waals surface area contributed by atoms with Gasteiger partial charge in [-0.1, -0.05) is 0 Å². The molecule has 0 fully saturated rings. The molecule has 1 aliphatic rings. The molecular weight excluding hydrogens is 354 g/mol. The fourth-order valence-electron chi connectivity index (χ4n) is 3.23. The van der Waals surface area contributed by atoms with E-state index in [1.807, 2.05) is 25.6 Å². The number of aromatic nitrogens is 2. The molecule has 0 atom stereocenters. The molecule has 1 aliphatic heterocycles. The first kappa shape index (κ1) is 18.4. The maximum atomic E-state index is 12.8. The molecule has 2 heterocycles. The van der Waals surface area contributed by atoms with Crippen LogP contribution in [0, 0.1) is 13.8 Å². The number of ether oxygens (including phenoxy) is 1. The van der Waals surface area contributed by atoms with Gasteiger partial charge in [0, 0.05) is 25.4 Å². The molecule has 1 aromatic heterocycles. The third-order valence-corrected chi connectivity index (χ3v) is 5.88. The van der Waals surface area contributed by atoms with Gasteiger partial charge in [-0.15, -0.1) is 0 Å². The molecule has 0 bridgehead atoms. The summed E-state index contributed by atoms with van der Waals surface area (Å²) in [5.41, 5.74) is 3.58. The van der Waals surface area contributed by atoms with Crippen molar-refractivity contribution in [2.24, 2.45) is 7.05 Å². The van der Waals surface area contributed by atoms with Gasteiger partial charge in [-0.05, 0) is 44.0 Å². The van der Waals surface area contributed by atoms with Crippen molar-refractivity contribution >= 4 is 21.4 Å². The fourth-order valence-corrected chi connectivity index (χ4v) is 3.87. The van der Waals surface area contributed by atoms with Crippen LogP contribution >= 0.6 is 0 Å². The van der Waals surface area contributed by atoms with Crippen LogP contribution < -0.4 is 9.64 Å². The number of rotatable bonds is 4. The van der Waals surface area contributed by atoms with Gasteiger partial charge in [0.15, 0.2) is 9.84 Å². The largest absolute Gasteiger partial charge is 0.490 e. The summed E-state index contributed by atoms with van der Waals surface area (Å²) in [4.78, 5) is 14.6. The highest BCUT2D eigenvalue weighted by atomic mass is 32.2. The van der Waals surface area contributed by atoms with Crippen molar-refractivity contribution in [1.29, 1.82) is 0 Å². The summed E-state index contributed by atoms with van der Waals surface area (Å²) < 4.78 is 31.1. The van der Waals surface area contributed by atoms with Crippen LogP contribution in [-0.4, -0.2) is 43.5 Å². The Hall–Kier alpha value is -2.35. The maximum Gasteiger partial charge on any atom is 0.227 e. The lowest BCUT2D eigenvalue weighted by molar-refractivity contribution is -0.118. The number of fused-ring (bicyclic) bond motifs is 1. The molecule has 3 rings (SSSR count). The number of nitrogens with zero attached hydrogens (tertiary/aromatic N) is 3. The Morgan fingerprint density at radius 1 is 1.31 bits per heavy atom. The molecule has 8 heteroatoms. The van der Waals surface area contributed by atoms with E-state index in [4.69, 9.17) is 4.74 Å². The zero-order valence-corrected chi connectivity index (χ0v) is 16.3. The van der Waals surface area contributed by atoms with Crippen LogP contribution in [-0.2, 0) is 28.1 Å². The van der Waals surface area contributed by atoms with E-state index in [0.717, 1.165) is 23.2 Å². The monoisotopic (exact) mass is 377 g/mol. The average Bonchev–Trinajstić information content (AvgIpc) is 2.83. The Labute approximate surface area is 153 Å². The van der Waals surface area contributed by atoms with E-state index in [0.29, 0.717) is 37.4 Å². The topological polar surface area (TPSA) is 81.5 Å². The van der Waals surface area contributed by atoms with Gasteiger partial charge >= 0.3 is 0 Å². The van der Waals surface area contributed by atoms with E-state index < -0.39 is 9.84 Å². The highest BCUT2D eigenvalue weighted by molar-refractivity contribution is 7.90.